The van der Waals surface area contributed by atoms with Gasteiger partial charge < -0.3 is 14.8 Å². The molecule has 0 aliphatic heterocycles. The highest BCUT2D eigenvalue weighted by molar-refractivity contribution is 5.43. The van der Waals surface area contributed by atoms with E-state index >= 15 is 0 Å². The lowest BCUT2D eigenvalue weighted by Crippen LogP contribution is -2.05. The van der Waals surface area contributed by atoms with Crippen molar-refractivity contribution >= 4 is 5.69 Å². The molecule has 4 heteroatoms. The van der Waals surface area contributed by atoms with E-state index in [0.717, 1.165) is 18.0 Å². The van der Waals surface area contributed by atoms with Crippen LogP contribution in [-0.4, -0.2) is 17.7 Å². The van der Waals surface area contributed by atoms with Crippen molar-refractivity contribution in [3.63, 3.8) is 0 Å². The van der Waals surface area contributed by atoms with Crippen LogP contribution in [0.25, 0.3) is 0 Å². The molecule has 2 aromatic rings. The van der Waals surface area contributed by atoms with Gasteiger partial charge in [0.2, 0.25) is 5.88 Å². The quantitative estimate of drug-likeness (QED) is 0.839. The second-order valence-corrected chi connectivity index (χ2v) is 4.98. The van der Waals surface area contributed by atoms with E-state index in [4.69, 9.17) is 9.47 Å². The lowest BCUT2D eigenvalue weighted by Gasteiger charge is -2.11. The third kappa shape index (κ3) is 4.99. The van der Waals surface area contributed by atoms with Crippen molar-refractivity contribution in [1.29, 1.82) is 0 Å². The Hall–Kier alpha value is -2.23. The van der Waals surface area contributed by atoms with Crippen LogP contribution in [0.5, 0.6) is 11.6 Å². The van der Waals surface area contributed by atoms with Gasteiger partial charge in [0, 0.05) is 12.6 Å². The van der Waals surface area contributed by atoms with Gasteiger partial charge in [-0.1, -0.05) is 12.1 Å². The van der Waals surface area contributed by atoms with Gasteiger partial charge in [-0.2, -0.15) is 0 Å². The predicted molar refractivity (Wildman–Crippen MR) is 84.9 cm³/mol. The van der Waals surface area contributed by atoms with Gasteiger partial charge in [0.15, 0.2) is 0 Å². The number of nitrogens with zero attached hydrogens (tertiary/aromatic N) is 1. The molecule has 1 heterocycles. The van der Waals surface area contributed by atoms with Crippen LogP contribution in [0.15, 0.2) is 42.6 Å². The smallest absolute Gasteiger partial charge is 0.213 e. The van der Waals surface area contributed by atoms with Gasteiger partial charge in [0.05, 0.1) is 24.6 Å². The van der Waals surface area contributed by atoms with E-state index in [0.29, 0.717) is 12.5 Å². The highest BCUT2D eigenvalue weighted by Crippen LogP contribution is 2.16. The molecule has 0 atom stereocenters. The molecule has 0 radical (unpaired) electrons. The van der Waals surface area contributed by atoms with E-state index in [2.05, 4.69) is 22.4 Å². The summed E-state index contributed by atoms with van der Waals surface area (Å²) in [6, 6.07) is 11.9. The zero-order valence-corrected chi connectivity index (χ0v) is 12.8. The Morgan fingerprint density at radius 3 is 2.43 bits per heavy atom. The lowest BCUT2D eigenvalue weighted by atomic mass is 10.2. The Bertz CT molecular complexity index is 536. The average molecular weight is 286 g/mol. The summed E-state index contributed by atoms with van der Waals surface area (Å²) in [5.41, 5.74) is 2.17. The number of anilines is 1. The molecule has 0 saturated carbocycles. The highest BCUT2D eigenvalue weighted by Gasteiger charge is 1.99. The fourth-order valence-electron chi connectivity index (χ4n) is 1.88. The maximum atomic E-state index is 5.62. The van der Waals surface area contributed by atoms with E-state index in [-0.39, 0.29) is 6.10 Å². The lowest BCUT2D eigenvalue weighted by molar-refractivity contribution is 0.242. The van der Waals surface area contributed by atoms with Crippen molar-refractivity contribution in [3.8, 4) is 11.6 Å². The maximum absolute atomic E-state index is 5.62. The van der Waals surface area contributed by atoms with Crippen LogP contribution >= 0.6 is 0 Å². The first kappa shape index (κ1) is 15.2. The van der Waals surface area contributed by atoms with E-state index < -0.39 is 0 Å². The van der Waals surface area contributed by atoms with Crippen LogP contribution in [0.2, 0.25) is 0 Å². The molecule has 0 saturated heterocycles. The van der Waals surface area contributed by atoms with Gasteiger partial charge in [-0.05, 0) is 44.5 Å². The molecule has 0 unspecified atom stereocenters. The van der Waals surface area contributed by atoms with Crippen molar-refractivity contribution in [2.24, 2.45) is 0 Å². The second-order valence-electron chi connectivity index (χ2n) is 4.98. The fraction of sp³-hybridized carbons (Fsp3) is 0.353. The van der Waals surface area contributed by atoms with Gasteiger partial charge in [0.25, 0.3) is 0 Å². The third-order valence-corrected chi connectivity index (χ3v) is 2.82. The van der Waals surface area contributed by atoms with Crippen LogP contribution < -0.4 is 14.8 Å². The number of benzene rings is 1. The molecule has 4 nitrogen and oxygen atoms in total. The van der Waals surface area contributed by atoms with Crippen molar-refractivity contribution in [3.05, 3.63) is 48.2 Å². The third-order valence-electron chi connectivity index (χ3n) is 2.82. The van der Waals surface area contributed by atoms with E-state index in [1.165, 1.54) is 5.56 Å². The molecule has 0 amide bonds. The zero-order valence-electron chi connectivity index (χ0n) is 12.8. The van der Waals surface area contributed by atoms with Crippen molar-refractivity contribution in [2.45, 2.75) is 33.4 Å². The molecule has 0 bridgehead atoms. The van der Waals surface area contributed by atoms with Crippen molar-refractivity contribution in [1.82, 2.24) is 4.98 Å². The summed E-state index contributed by atoms with van der Waals surface area (Å²) >= 11 is 0. The minimum Gasteiger partial charge on any atom is -0.491 e. The predicted octanol–water partition coefficient (Wildman–Crippen LogP) is 3.88. The summed E-state index contributed by atoms with van der Waals surface area (Å²) in [6.07, 6.45) is 1.98. The van der Waals surface area contributed by atoms with E-state index in [1.807, 2.05) is 45.0 Å². The van der Waals surface area contributed by atoms with Gasteiger partial charge in [0.1, 0.15) is 5.75 Å². The molecule has 0 aliphatic carbocycles. The molecule has 1 aromatic carbocycles. The number of aromatic nitrogens is 1. The standard InChI is InChI=1S/C17H22N2O2/c1-4-20-17-10-7-15(12-19-17)18-11-14-5-8-16(9-6-14)21-13(2)3/h5-10,12-13,18H,4,11H2,1-3H3. The number of hydrogen-bond acceptors (Lipinski definition) is 4. The molecule has 112 valence electrons. The molecule has 0 aliphatic rings. The molecule has 1 N–H and O–H groups in total. The first-order chi connectivity index (χ1) is 10.2. The first-order valence-corrected chi connectivity index (χ1v) is 7.25. The fourth-order valence-corrected chi connectivity index (χ4v) is 1.88. The van der Waals surface area contributed by atoms with Crippen LogP contribution in [0.3, 0.4) is 0 Å². The zero-order chi connectivity index (χ0) is 15.1. The molecule has 0 spiro atoms. The maximum Gasteiger partial charge on any atom is 0.213 e. The number of ether oxygens (including phenoxy) is 2. The van der Waals surface area contributed by atoms with Gasteiger partial charge >= 0.3 is 0 Å². The monoisotopic (exact) mass is 286 g/mol. The summed E-state index contributed by atoms with van der Waals surface area (Å²) in [5.74, 6) is 1.55. The van der Waals surface area contributed by atoms with Crippen molar-refractivity contribution < 1.29 is 9.47 Å². The van der Waals surface area contributed by atoms with Gasteiger partial charge in [-0.15, -0.1) is 0 Å². The van der Waals surface area contributed by atoms with Gasteiger partial charge in [-0.3, -0.25) is 0 Å². The summed E-state index contributed by atoms with van der Waals surface area (Å²) < 4.78 is 10.9. The minimum atomic E-state index is 0.198. The molecule has 0 fully saturated rings. The Labute approximate surface area is 126 Å². The topological polar surface area (TPSA) is 43.4 Å². The second kappa shape index (κ2) is 7.53. The molecular weight excluding hydrogens is 264 g/mol. The Balaban J connectivity index is 1.87. The number of nitrogens with one attached hydrogen (secondary N) is 1. The normalized spacial score (nSPS) is 10.5. The largest absolute Gasteiger partial charge is 0.491 e. The van der Waals surface area contributed by atoms with Crippen LogP contribution in [0.4, 0.5) is 5.69 Å². The summed E-state index contributed by atoms with van der Waals surface area (Å²) in [7, 11) is 0. The molecule has 21 heavy (non-hydrogen) atoms. The van der Waals surface area contributed by atoms with Gasteiger partial charge in [-0.25, -0.2) is 4.98 Å². The average Bonchev–Trinajstić information content (AvgIpc) is 2.48. The SMILES string of the molecule is CCOc1ccc(NCc2ccc(OC(C)C)cc2)cn1. The summed E-state index contributed by atoms with van der Waals surface area (Å²) in [5, 5.41) is 3.33. The van der Waals surface area contributed by atoms with E-state index in [9.17, 15) is 0 Å². The first-order valence-electron chi connectivity index (χ1n) is 7.25. The highest BCUT2D eigenvalue weighted by atomic mass is 16.5. The Morgan fingerprint density at radius 2 is 1.86 bits per heavy atom. The summed E-state index contributed by atoms with van der Waals surface area (Å²) in [6.45, 7) is 7.37. The molecule has 2 rings (SSSR count). The number of hydrogen-bond donors (Lipinski definition) is 1. The summed E-state index contributed by atoms with van der Waals surface area (Å²) in [4.78, 5) is 4.22. The van der Waals surface area contributed by atoms with Crippen LogP contribution in [-0.2, 0) is 6.54 Å². The van der Waals surface area contributed by atoms with Crippen LogP contribution in [0.1, 0.15) is 26.3 Å². The molecule has 1 aromatic heterocycles. The van der Waals surface area contributed by atoms with Crippen molar-refractivity contribution in [2.75, 3.05) is 11.9 Å². The Morgan fingerprint density at radius 1 is 1.10 bits per heavy atom. The number of rotatable bonds is 7. The van der Waals surface area contributed by atoms with E-state index in [1.54, 1.807) is 6.20 Å². The molecular formula is C17H22N2O2. The minimum absolute atomic E-state index is 0.198. The van der Waals surface area contributed by atoms with Crippen LogP contribution in [0, 0.1) is 0 Å². The Kier molecular flexibility index (Phi) is 5.43. The number of pyridine rings is 1.